The Hall–Kier alpha value is -2.67. The maximum atomic E-state index is 9.07. The van der Waals surface area contributed by atoms with E-state index in [-0.39, 0.29) is 12.4 Å². The molecule has 0 aliphatic rings. The molecule has 3 aromatic rings. The fourth-order valence-electron chi connectivity index (χ4n) is 1.94. The first kappa shape index (κ1) is 11.4. The normalized spacial score (nSPS) is 10.5. The second-order valence-electron chi connectivity index (χ2n) is 4.17. The summed E-state index contributed by atoms with van der Waals surface area (Å²) in [7, 11) is 0. The molecule has 0 amide bonds. The Balaban J connectivity index is 1.93. The first-order valence-corrected chi connectivity index (χ1v) is 5.87. The summed E-state index contributed by atoms with van der Waals surface area (Å²) in [6.45, 7) is 2.14. The maximum Gasteiger partial charge on any atom is 0.246 e. The highest BCUT2D eigenvalue weighted by Crippen LogP contribution is 2.33. The van der Waals surface area contributed by atoms with Crippen molar-refractivity contribution in [3.05, 3.63) is 53.7 Å². The molecule has 0 aliphatic heterocycles. The van der Waals surface area contributed by atoms with E-state index in [0.717, 1.165) is 11.1 Å². The number of furan rings is 2. The van der Waals surface area contributed by atoms with Crippen LogP contribution in [0.25, 0.3) is 11.0 Å². The summed E-state index contributed by atoms with van der Waals surface area (Å²) in [5.41, 5.74) is 0.643. The minimum absolute atomic E-state index is 0.185. The minimum atomic E-state index is 0.185. The van der Waals surface area contributed by atoms with E-state index in [1.165, 1.54) is 0 Å². The topological polar surface area (TPSA) is 59.3 Å². The van der Waals surface area contributed by atoms with Crippen LogP contribution in [0.2, 0.25) is 0 Å². The van der Waals surface area contributed by atoms with Crippen LogP contribution < -0.4 is 4.74 Å². The van der Waals surface area contributed by atoms with Crippen molar-refractivity contribution in [2.24, 2.45) is 0 Å². The monoisotopic (exact) mass is 253 g/mol. The van der Waals surface area contributed by atoms with Gasteiger partial charge in [0.25, 0.3) is 0 Å². The van der Waals surface area contributed by atoms with Gasteiger partial charge >= 0.3 is 0 Å². The molecule has 2 heterocycles. The molecule has 0 N–H and O–H groups in total. The number of para-hydroxylation sites is 1. The van der Waals surface area contributed by atoms with Gasteiger partial charge in [-0.3, -0.25) is 0 Å². The SMILES string of the molecule is Cc1ccc(COc2c(C#N)oc3ccccc23)o1. The summed E-state index contributed by atoms with van der Waals surface area (Å²) in [5, 5.41) is 9.87. The van der Waals surface area contributed by atoms with Crippen molar-refractivity contribution >= 4 is 11.0 Å². The number of ether oxygens (including phenoxy) is 1. The summed E-state index contributed by atoms with van der Waals surface area (Å²) in [6, 6.07) is 13.1. The zero-order valence-electron chi connectivity index (χ0n) is 10.3. The highest BCUT2D eigenvalue weighted by atomic mass is 16.5. The Kier molecular flexibility index (Phi) is 2.73. The van der Waals surface area contributed by atoms with Crippen LogP contribution in [0.1, 0.15) is 17.3 Å². The zero-order valence-corrected chi connectivity index (χ0v) is 10.3. The van der Waals surface area contributed by atoms with Crippen molar-refractivity contribution in [2.45, 2.75) is 13.5 Å². The quantitative estimate of drug-likeness (QED) is 0.712. The van der Waals surface area contributed by atoms with Crippen molar-refractivity contribution < 1.29 is 13.6 Å². The number of rotatable bonds is 3. The van der Waals surface area contributed by atoms with Gasteiger partial charge in [-0.15, -0.1) is 0 Å². The molecule has 19 heavy (non-hydrogen) atoms. The van der Waals surface area contributed by atoms with Crippen LogP contribution in [0.5, 0.6) is 5.75 Å². The summed E-state index contributed by atoms with van der Waals surface area (Å²) in [5.74, 6) is 2.19. The fourth-order valence-corrected chi connectivity index (χ4v) is 1.94. The van der Waals surface area contributed by atoms with Gasteiger partial charge in [0.05, 0.1) is 5.39 Å². The lowest BCUT2D eigenvalue weighted by molar-refractivity contribution is 0.266. The molecule has 0 fully saturated rings. The second kappa shape index (κ2) is 4.54. The molecule has 94 valence electrons. The van der Waals surface area contributed by atoms with E-state index in [1.54, 1.807) is 6.07 Å². The van der Waals surface area contributed by atoms with Crippen molar-refractivity contribution in [2.75, 3.05) is 0 Å². The van der Waals surface area contributed by atoms with E-state index in [9.17, 15) is 0 Å². The number of nitriles is 1. The molecule has 4 heteroatoms. The number of hydrogen-bond donors (Lipinski definition) is 0. The molecule has 4 nitrogen and oxygen atoms in total. The molecule has 0 atom stereocenters. The third kappa shape index (κ3) is 2.06. The number of benzene rings is 1. The van der Waals surface area contributed by atoms with Gasteiger partial charge in [-0.05, 0) is 31.2 Å². The molecule has 2 aromatic heterocycles. The average Bonchev–Trinajstić information content (AvgIpc) is 2.99. The van der Waals surface area contributed by atoms with Crippen LogP contribution in [0, 0.1) is 18.3 Å². The maximum absolute atomic E-state index is 9.07. The van der Waals surface area contributed by atoms with Crippen LogP contribution >= 0.6 is 0 Å². The molecule has 0 aliphatic carbocycles. The van der Waals surface area contributed by atoms with Gasteiger partial charge < -0.3 is 13.6 Å². The Morgan fingerprint density at radius 2 is 2.00 bits per heavy atom. The van der Waals surface area contributed by atoms with E-state index >= 15 is 0 Å². The predicted octanol–water partition coefficient (Wildman–Crippen LogP) is 3.78. The van der Waals surface area contributed by atoms with Gasteiger partial charge in [0.2, 0.25) is 5.76 Å². The predicted molar refractivity (Wildman–Crippen MR) is 68.7 cm³/mol. The minimum Gasteiger partial charge on any atom is -0.480 e. The van der Waals surface area contributed by atoms with Gasteiger partial charge in [0, 0.05) is 0 Å². The van der Waals surface area contributed by atoms with Crippen LogP contribution in [0.15, 0.2) is 45.2 Å². The number of aryl methyl sites for hydroxylation is 1. The van der Waals surface area contributed by atoms with Crippen molar-refractivity contribution in [3.63, 3.8) is 0 Å². The van der Waals surface area contributed by atoms with Crippen LogP contribution in [0.3, 0.4) is 0 Å². The molecule has 0 saturated carbocycles. The van der Waals surface area contributed by atoms with Crippen molar-refractivity contribution in [1.29, 1.82) is 5.26 Å². The van der Waals surface area contributed by atoms with Gasteiger partial charge in [-0.1, -0.05) is 12.1 Å². The fraction of sp³-hybridized carbons (Fsp3) is 0.133. The van der Waals surface area contributed by atoms with E-state index in [4.69, 9.17) is 18.8 Å². The Labute approximate surface area is 109 Å². The lowest BCUT2D eigenvalue weighted by Crippen LogP contribution is -1.94. The third-order valence-corrected chi connectivity index (χ3v) is 2.81. The van der Waals surface area contributed by atoms with E-state index in [1.807, 2.05) is 43.3 Å². The lowest BCUT2D eigenvalue weighted by atomic mass is 10.2. The standard InChI is InChI=1S/C15H11NO3/c1-10-6-7-11(18-10)9-17-15-12-4-2-3-5-13(12)19-14(15)8-16/h2-7H,9H2,1H3. The molecule has 0 saturated heterocycles. The molecule has 0 spiro atoms. The first-order valence-electron chi connectivity index (χ1n) is 5.87. The molecule has 3 rings (SSSR count). The highest BCUT2D eigenvalue weighted by molar-refractivity contribution is 5.86. The number of hydrogen-bond acceptors (Lipinski definition) is 4. The molecular weight excluding hydrogens is 242 g/mol. The average molecular weight is 253 g/mol. The molecular formula is C15H11NO3. The molecule has 0 radical (unpaired) electrons. The largest absolute Gasteiger partial charge is 0.480 e. The van der Waals surface area contributed by atoms with Crippen LogP contribution in [-0.4, -0.2) is 0 Å². The molecule has 0 unspecified atom stereocenters. The van der Waals surface area contributed by atoms with Crippen molar-refractivity contribution in [1.82, 2.24) is 0 Å². The van der Waals surface area contributed by atoms with Gasteiger partial charge in [-0.25, -0.2) is 0 Å². The summed E-state index contributed by atoms with van der Waals surface area (Å²) in [6.07, 6.45) is 0. The first-order chi connectivity index (χ1) is 9.28. The summed E-state index contributed by atoms with van der Waals surface area (Å²) >= 11 is 0. The highest BCUT2D eigenvalue weighted by Gasteiger charge is 2.15. The molecule has 0 bridgehead atoms. The molecule has 1 aromatic carbocycles. The smallest absolute Gasteiger partial charge is 0.246 e. The van der Waals surface area contributed by atoms with Gasteiger partial charge in [0.15, 0.2) is 5.75 Å². The van der Waals surface area contributed by atoms with E-state index < -0.39 is 0 Å². The number of fused-ring (bicyclic) bond motifs is 1. The number of nitrogens with zero attached hydrogens (tertiary/aromatic N) is 1. The second-order valence-corrected chi connectivity index (χ2v) is 4.17. The lowest BCUT2D eigenvalue weighted by Gasteiger charge is -2.01. The zero-order chi connectivity index (χ0) is 13.2. The van der Waals surface area contributed by atoms with Crippen LogP contribution in [-0.2, 0) is 6.61 Å². The van der Waals surface area contributed by atoms with E-state index in [2.05, 4.69) is 0 Å². The van der Waals surface area contributed by atoms with Gasteiger partial charge in [0.1, 0.15) is 29.8 Å². The van der Waals surface area contributed by atoms with Gasteiger partial charge in [-0.2, -0.15) is 5.26 Å². The summed E-state index contributed by atoms with van der Waals surface area (Å²) in [4.78, 5) is 0. The Morgan fingerprint density at radius 3 is 2.74 bits per heavy atom. The third-order valence-electron chi connectivity index (χ3n) is 2.81. The summed E-state index contributed by atoms with van der Waals surface area (Å²) < 4.78 is 16.5. The van der Waals surface area contributed by atoms with Crippen LogP contribution in [0.4, 0.5) is 0 Å². The Morgan fingerprint density at radius 1 is 1.16 bits per heavy atom. The Bertz CT molecular complexity index is 761. The van der Waals surface area contributed by atoms with Crippen molar-refractivity contribution in [3.8, 4) is 11.8 Å². The van der Waals surface area contributed by atoms with E-state index in [0.29, 0.717) is 17.1 Å².